The summed E-state index contributed by atoms with van der Waals surface area (Å²) in [6.45, 7) is 9.83. The molecule has 8 heteroatoms. The summed E-state index contributed by atoms with van der Waals surface area (Å²) >= 11 is 0. The fourth-order valence-electron chi connectivity index (χ4n) is 3.91. The van der Waals surface area contributed by atoms with E-state index in [0.717, 1.165) is 36.9 Å². The maximum Gasteiger partial charge on any atom is 0.245 e. The fraction of sp³-hybridized carbons (Fsp3) is 0.545. The van der Waals surface area contributed by atoms with Gasteiger partial charge in [-0.25, -0.2) is 8.42 Å². The molecule has 1 fully saturated rings. The van der Waals surface area contributed by atoms with Crippen LogP contribution in [-0.2, 0) is 14.8 Å². The Labute approximate surface area is 179 Å². The van der Waals surface area contributed by atoms with Crippen LogP contribution in [0.25, 0.3) is 10.9 Å². The van der Waals surface area contributed by atoms with Crippen molar-refractivity contribution >= 4 is 26.8 Å². The van der Waals surface area contributed by atoms with E-state index in [-0.39, 0.29) is 10.8 Å². The van der Waals surface area contributed by atoms with E-state index in [0.29, 0.717) is 38.2 Å². The Balaban J connectivity index is 1.68. The molecule has 1 aliphatic rings. The van der Waals surface area contributed by atoms with Gasteiger partial charge in [-0.3, -0.25) is 14.7 Å². The average Bonchev–Trinajstić information content (AvgIpc) is 2.73. The molecule has 0 N–H and O–H groups in total. The van der Waals surface area contributed by atoms with Crippen molar-refractivity contribution in [3.8, 4) is 0 Å². The Morgan fingerprint density at radius 2 is 1.77 bits per heavy atom. The van der Waals surface area contributed by atoms with Gasteiger partial charge >= 0.3 is 0 Å². The molecule has 30 heavy (non-hydrogen) atoms. The van der Waals surface area contributed by atoms with Crippen LogP contribution in [0.5, 0.6) is 0 Å². The number of rotatable bonds is 8. The number of hydrogen-bond acceptors (Lipinski definition) is 5. The van der Waals surface area contributed by atoms with Crippen LogP contribution in [0, 0.1) is 6.92 Å². The molecule has 1 saturated heterocycles. The molecule has 1 aromatic heterocycles. The van der Waals surface area contributed by atoms with Gasteiger partial charge in [0, 0.05) is 50.9 Å². The molecule has 0 spiro atoms. The Kier molecular flexibility index (Phi) is 7.44. The molecule has 0 radical (unpaired) electrons. The minimum atomic E-state index is -3.64. The largest absolute Gasteiger partial charge is 0.342 e. The molecule has 0 unspecified atom stereocenters. The van der Waals surface area contributed by atoms with Crippen LogP contribution in [0.2, 0.25) is 0 Å². The minimum Gasteiger partial charge on any atom is -0.342 e. The van der Waals surface area contributed by atoms with E-state index < -0.39 is 10.0 Å². The lowest BCUT2D eigenvalue weighted by atomic mass is 10.2. The third kappa shape index (κ3) is 4.99. The van der Waals surface area contributed by atoms with Crippen LogP contribution in [0.1, 0.15) is 32.3 Å². The number of nitrogens with zero attached hydrogens (tertiary/aromatic N) is 4. The van der Waals surface area contributed by atoms with Crippen molar-refractivity contribution in [1.29, 1.82) is 0 Å². The van der Waals surface area contributed by atoms with Crippen molar-refractivity contribution in [3.63, 3.8) is 0 Å². The lowest BCUT2D eigenvalue weighted by Gasteiger charge is -2.34. The summed E-state index contributed by atoms with van der Waals surface area (Å²) in [7, 11) is -3.64. The average molecular weight is 433 g/mol. The second-order valence-electron chi connectivity index (χ2n) is 7.90. The number of benzene rings is 1. The topological polar surface area (TPSA) is 73.8 Å². The smallest absolute Gasteiger partial charge is 0.245 e. The lowest BCUT2D eigenvalue weighted by molar-refractivity contribution is -0.132. The third-order valence-corrected chi connectivity index (χ3v) is 7.39. The van der Waals surface area contributed by atoms with Gasteiger partial charge in [-0.05, 0) is 37.5 Å². The van der Waals surface area contributed by atoms with Crippen LogP contribution in [-0.4, -0.2) is 79.2 Å². The van der Waals surface area contributed by atoms with E-state index in [1.807, 2.05) is 24.0 Å². The van der Waals surface area contributed by atoms with Gasteiger partial charge in [0.1, 0.15) is 4.90 Å². The molecule has 0 aliphatic carbocycles. The highest BCUT2D eigenvalue weighted by molar-refractivity contribution is 7.89. The maximum atomic E-state index is 13.3. The van der Waals surface area contributed by atoms with Gasteiger partial charge in [-0.1, -0.05) is 26.0 Å². The summed E-state index contributed by atoms with van der Waals surface area (Å²) < 4.78 is 28.1. The standard InChI is InChI=1S/C22H32N4O3S/c1-4-9-25(10-5-2)21(27)17-24-11-13-26(14-12-24)30(28,29)20-8-6-7-19-15-18(3)16-23-22(19)20/h6-8,15-16H,4-5,9-14,17H2,1-3H3. The second-order valence-corrected chi connectivity index (χ2v) is 9.81. The first kappa shape index (κ1) is 22.7. The van der Waals surface area contributed by atoms with E-state index in [2.05, 4.69) is 23.7 Å². The maximum absolute atomic E-state index is 13.3. The molecule has 7 nitrogen and oxygen atoms in total. The lowest BCUT2D eigenvalue weighted by Crippen LogP contribution is -2.51. The predicted octanol–water partition coefficient (Wildman–Crippen LogP) is 2.50. The molecule has 1 aliphatic heterocycles. The van der Waals surface area contributed by atoms with Crippen molar-refractivity contribution in [3.05, 3.63) is 36.0 Å². The van der Waals surface area contributed by atoms with Gasteiger partial charge in [0.25, 0.3) is 0 Å². The highest BCUT2D eigenvalue weighted by atomic mass is 32.2. The number of hydrogen-bond donors (Lipinski definition) is 0. The van der Waals surface area contributed by atoms with Gasteiger partial charge < -0.3 is 4.90 Å². The van der Waals surface area contributed by atoms with Crippen molar-refractivity contribution in [2.24, 2.45) is 0 Å². The van der Waals surface area contributed by atoms with Crippen molar-refractivity contribution < 1.29 is 13.2 Å². The molecule has 0 saturated carbocycles. The van der Waals surface area contributed by atoms with Gasteiger partial charge in [-0.15, -0.1) is 0 Å². The highest BCUT2D eigenvalue weighted by Crippen LogP contribution is 2.25. The van der Waals surface area contributed by atoms with E-state index in [9.17, 15) is 13.2 Å². The Bertz CT molecular complexity index is 979. The van der Waals surface area contributed by atoms with Crippen LogP contribution >= 0.6 is 0 Å². The molecule has 2 aromatic rings. The fourth-order valence-corrected chi connectivity index (χ4v) is 5.50. The minimum absolute atomic E-state index is 0.128. The molecule has 2 heterocycles. The monoisotopic (exact) mass is 432 g/mol. The number of fused-ring (bicyclic) bond motifs is 1. The number of para-hydroxylation sites is 1. The third-order valence-electron chi connectivity index (χ3n) is 5.46. The van der Waals surface area contributed by atoms with Crippen LogP contribution in [0.4, 0.5) is 0 Å². The SMILES string of the molecule is CCCN(CCC)C(=O)CN1CCN(S(=O)(=O)c2cccc3cc(C)cnc23)CC1. The number of aromatic nitrogens is 1. The molecular formula is C22H32N4O3S. The molecule has 3 rings (SSSR count). The number of amides is 1. The summed E-state index contributed by atoms with van der Waals surface area (Å²) in [6.07, 6.45) is 3.58. The summed E-state index contributed by atoms with van der Waals surface area (Å²) in [5.74, 6) is 0.128. The van der Waals surface area contributed by atoms with Gasteiger partial charge in [0.05, 0.1) is 12.1 Å². The summed E-state index contributed by atoms with van der Waals surface area (Å²) in [6, 6.07) is 7.23. The summed E-state index contributed by atoms with van der Waals surface area (Å²) in [4.78, 5) is 21.2. The number of aryl methyl sites for hydroxylation is 1. The van der Waals surface area contributed by atoms with E-state index in [1.165, 1.54) is 4.31 Å². The first-order valence-electron chi connectivity index (χ1n) is 10.7. The molecule has 1 aromatic carbocycles. The number of sulfonamides is 1. The van der Waals surface area contributed by atoms with Crippen LogP contribution in [0.15, 0.2) is 35.4 Å². The zero-order valence-electron chi connectivity index (χ0n) is 18.2. The highest BCUT2D eigenvalue weighted by Gasteiger charge is 2.31. The summed E-state index contributed by atoms with van der Waals surface area (Å²) in [5, 5.41) is 0.826. The zero-order valence-corrected chi connectivity index (χ0v) is 19.0. The first-order chi connectivity index (χ1) is 14.4. The molecule has 0 atom stereocenters. The number of pyridine rings is 1. The van der Waals surface area contributed by atoms with E-state index in [4.69, 9.17) is 0 Å². The van der Waals surface area contributed by atoms with Crippen LogP contribution < -0.4 is 0 Å². The van der Waals surface area contributed by atoms with Crippen molar-refractivity contribution in [2.45, 2.75) is 38.5 Å². The Hall–Kier alpha value is -2.03. The zero-order chi connectivity index (χ0) is 21.7. The van der Waals surface area contributed by atoms with E-state index >= 15 is 0 Å². The second kappa shape index (κ2) is 9.85. The van der Waals surface area contributed by atoms with Crippen molar-refractivity contribution in [2.75, 3.05) is 45.8 Å². The Morgan fingerprint density at radius 1 is 1.10 bits per heavy atom. The molecule has 0 bridgehead atoms. The first-order valence-corrected chi connectivity index (χ1v) is 12.2. The van der Waals surface area contributed by atoms with Gasteiger partial charge in [0.15, 0.2) is 0 Å². The number of piperazine rings is 1. The van der Waals surface area contributed by atoms with Gasteiger partial charge in [0.2, 0.25) is 15.9 Å². The number of carbonyl (C=O) groups is 1. The molecule has 1 amide bonds. The molecular weight excluding hydrogens is 400 g/mol. The molecule has 164 valence electrons. The van der Waals surface area contributed by atoms with E-state index in [1.54, 1.807) is 18.3 Å². The van der Waals surface area contributed by atoms with Gasteiger partial charge in [-0.2, -0.15) is 4.31 Å². The quantitative estimate of drug-likeness (QED) is 0.641. The predicted molar refractivity (Wildman–Crippen MR) is 119 cm³/mol. The summed E-state index contributed by atoms with van der Waals surface area (Å²) in [5.41, 5.74) is 1.51. The Morgan fingerprint density at radius 3 is 2.40 bits per heavy atom. The van der Waals surface area contributed by atoms with Crippen LogP contribution in [0.3, 0.4) is 0 Å². The normalized spacial score (nSPS) is 16.1. The van der Waals surface area contributed by atoms with Crippen molar-refractivity contribution in [1.82, 2.24) is 19.1 Å². The number of carbonyl (C=O) groups excluding carboxylic acids is 1.